The summed E-state index contributed by atoms with van der Waals surface area (Å²) in [4.78, 5) is 0. The third-order valence-corrected chi connectivity index (χ3v) is 2.08. The number of fused-ring (bicyclic) bond motifs is 1. The molecule has 1 aliphatic rings. The van der Waals surface area contributed by atoms with E-state index in [1.54, 1.807) is 6.07 Å². The van der Waals surface area contributed by atoms with Gasteiger partial charge in [0.1, 0.15) is 18.2 Å². The zero-order valence-corrected chi connectivity index (χ0v) is 8.31. The van der Waals surface area contributed by atoms with Gasteiger partial charge in [-0.25, -0.2) is 4.39 Å². The van der Waals surface area contributed by atoms with E-state index in [0.717, 1.165) is 11.1 Å². The first kappa shape index (κ1) is 11.0. The third kappa shape index (κ3) is 1.89. The van der Waals surface area contributed by atoms with Gasteiger partial charge in [0.25, 0.3) is 0 Å². The van der Waals surface area contributed by atoms with Crippen LogP contribution in [0, 0.1) is 5.82 Å². The maximum absolute atomic E-state index is 12.9. The summed E-state index contributed by atoms with van der Waals surface area (Å²) in [5, 5.41) is 0. The molecule has 0 fully saturated rings. The van der Waals surface area contributed by atoms with Gasteiger partial charge < -0.3 is 10.5 Å². The van der Waals surface area contributed by atoms with E-state index in [1.165, 1.54) is 12.1 Å². The van der Waals surface area contributed by atoms with Crippen LogP contribution in [0.2, 0.25) is 0 Å². The molecular weight excluding hydrogens is 205 g/mol. The van der Waals surface area contributed by atoms with Crippen LogP contribution < -0.4 is 10.5 Å². The van der Waals surface area contributed by atoms with Crippen molar-refractivity contribution in [3.05, 3.63) is 35.7 Å². The molecule has 0 spiro atoms. The van der Waals surface area contributed by atoms with Crippen molar-refractivity contribution in [3.8, 4) is 5.75 Å². The Bertz CT molecular complexity index is 365. The molecule has 4 heteroatoms. The van der Waals surface area contributed by atoms with E-state index in [0.29, 0.717) is 18.9 Å². The third-order valence-electron chi connectivity index (χ3n) is 2.08. The van der Waals surface area contributed by atoms with Crippen molar-refractivity contribution in [2.75, 3.05) is 13.2 Å². The predicted octanol–water partition coefficient (Wildman–Crippen LogP) is 1.98. The van der Waals surface area contributed by atoms with E-state index in [2.05, 4.69) is 0 Å². The monoisotopic (exact) mass is 215 g/mol. The summed E-state index contributed by atoms with van der Waals surface area (Å²) >= 11 is 0. The van der Waals surface area contributed by atoms with Crippen molar-refractivity contribution in [2.24, 2.45) is 5.73 Å². The van der Waals surface area contributed by atoms with Crippen molar-refractivity contribution in [3.63, 3.8) is 0 Å². The quantitative estimate of drug-likeness (QED) is 0.778. The van der Waals surface area contributed by atoms with Gasteiger partial charge in [0, 0.05) is 12.1 Å². The maximum Gasteiger partial charge on any atom is 0.127 e. The second kappa shape index (κ2) is 4.44. The van der Waals surface area contributed by atoms with Crippen molar-refractivity contribution < 1.29 is 9.13 Å². The Hall–Kier alpha value is -1.06. The highest BCUT2D eigenvalue weighted by atomic mass is 35.5. The Morgan fingerprint density at radius 2 is 2.21 bits per heavy atom. The molecule has 1 aromatic carbocycles. The maximum atomic E-state index is 12.9. The molecule has 0 aromatic heterocycles. The second-order valence-corrected chi connectivity index (χ2v) is 2.88. The number of hydrogen-bond acceptors (Lipinski definition) is 2. The standard InChI is InChI=1S/C10H10FNO.ClH/c11-8-1-2-10-9(5-8)7(6-12)3-4-13-10;/h1-3,5H,4,6,12H2;1H. The van der Waals surface area contributed by atoms with Crippen LogP contribution in [0.4, 0.5) is 4.39 Å². The largest absolute Gasteiger partial charge is 0.489 e. The van der Waals surface area contributed by atoms with Crippen LogP contribution in [-0.2, 0) is 0 Å². The van der Waals surface area contributed by atoms with Gasteiger partial charge in [0.15, 0.2) is 0 Å². The Morgan fingerprint density at radius 3 is 2.93 bits per heavy atom. The molecule has 2 N–H and O–H groups in total. The normalized spacial score (nSPS) is 13.4. The Morgan fingerprint density at radius 1 is 1.43 bits per heavy atom. The van der Waals surface area contributed by atoms with Gasteiger partial charge in [-0.2, -0.15) is 0 Å². The van der Waals surface area contributed by atoms with Crippen molar-refractivity contribution in [1.29, 1.82) is 0 Å². The Balaban J connectivity index is 0.000000980. The van der Waals surface area contributed by atoms with Gasteiger partial charge in [-0.05, 0) is 29.8 Å². The summed E-state index contributed by atoms with van der Waals surface area (Å²) in [7, 11) is 0. The number of nitrogens with two attached hydrogens (primary N) is 1. The number of hydrogen-bond donors (Lipinski definition) is 1. The van der Waals surface area contributed by atoms with E-state index in [4.69, 9.17) is 10.5 Å². The lowest BCUT2D eigenvalue weighted by molar-refractivity contribution is 0.356. The number of halogens is 2. The minimum atomic E-state index is -0.261. The molecule has 1 aromatic rings. The minimum Gasteiger partial charge on any atom is -0.489 e. The van der Waals surface area contributed by atoms with Crippen molar-refractivity contribution in [2.45, 2.75) is 0 Å². The first-order chi connectivity index (χ1) is 6.31. The number of rotatable bonds is 1. The second-order valence-electron chi connectivity index (χ2n) is 2.88. The van der Waals surface area contributed by atoms with E-state index in [-0.39, 0.29) is 18.2 Å². The molecule has 0 aliphatic carbocycles. The van der Waals surface area contributed by atoms with Crippen LogP contribution in [0.5, 0.6) is 5.75 Å². The highest BCUT2D eigenvalue weighted by Crippen LogP contribution is 2.29. The van der Waals surface area contributed by atoms with Gasteiger partial charge in [0.2, 0.25) is 0 Å². The summed E-state index contributed by atoms with van der Waals surface area (Å²) in [5.74, 6) is 0.452. The zero-order valence-electron chi connectivity index (χ0n) is 7.50. The van der Waals surface area contributed by atoms with Gasteiger partial charge in [-0.3, -0.25) is 0 Å². The van der Waals surface area contributed by atoms with Gasteiger partial charge in [-0.15, -0.1) is 12.4 Å². The first-order valence-corrected chi connectivity index (χ1v) is 4.13. The molecule has 1 aliphatic heterocycles. The fourth-order valence-corrected chi connectivity index (χ4v) is 1.41. The van der Waals surface area contributed by atoms with Crippen LogP contribution in [0.15, 0.2) is 24.3 Å². The molecule has 2 rings (SSSR count). The molecule has 0 amide bonds. The molecule has 0 atom stereocenters. The van der Waals surface area contributed by atoms with Gasteiger partial charge >= 0.3 is 0 Å². The molecular formula is C10H11ClFNO. The SMILES string of the molecule is Cl.NCC1=CCOc2ccc(F)cc21. The molecule has 0 saturated heterocycles. The molecule has 0 unspecified atom stereocenters. The molecule has 1 heterocycles. The zero-order chi connectivity index (χ0) is 9.26. The van der Waals surface area contributed by atoms with Crippen LogP contribution in [-0.4, -0.2) is 13.2 Å². The van der Waals surface area contributed by atoms with Crippen molar-refractivity contribution >= 4 is 18.0 Å². The highest BCUT2D eigenvalue weighted by Gasteiger charge is 2.12. The fourth-order valence-electron chi connectivity index (χ4n) is 1.41. The Labute approximate surface area is 88.0 Å². The predicted molar refractivity (Wildman–Crippen MR) is 56.2 cm³/mol. The highest BCUT2D eigenvalue weighted by molar-refractivity contribution is 5.85. The number of ether oxygens (including phenoxy) is 1. The van der Waals surface area contributed by atoms with Crippen molar-refractivity contribution in [1.82, 2.24) is 0 Å². The Kier molecular flexibility index (Phi) is 3.49. The summed E-state index contributed by atoms with van der Waals surface area (Å²) in [6, 6.07) is 4.47. The fraction of sp³-hybridized carbons (Fsp3) is 0.200. The van der Waals surface area contributed by atoms with E-state index < -0.39 is 0 Å². The molecule has 2 nitrogen and oxygen atoms in total. The molecule has 14 heavy (non-hydrogen) atoms. The number of benzene rings is 1. The molecule has 0 saturated carbocycles. The minimum absolute atomic E-state index is 0. The lowest BCUT2D eigenvalue weighted by Crippen LogP contribution is -2.11. The van der Waals surface area contributed by atoms with Crippen LogP contribution in [0.1, 0.15) is 5.56 Å². The molecule has 76 valence electrons. The van der Waals surface area contributed by atoms with Crippen LogP contribution in [0.3, 0.4) is 0 Å². The average molecular weight is 216 g/mol. The summed E-state index contributed by atoms with van der Waals surface area (Å²) in [6.07, 6.45) is 1.88. The smallest absolute Gasteiger partial charge is 0.127 e. The van der Waals surface area contributed by atoms with E-state index in [1.807, 2.05) is 6.08 Å². The van der Waals surface area contributed by atoms with Gasteiger partial charge in [0.05, 0.1) is 0 Å². The van der Waals surface area contributed by atoms with Crippen LogP contribution in [0.25, 0.3) is 5.57 Å². The topological polar surface area (TPSA) is 35.2 Å². The lowest BCUT2D eigenvalue weighted by Gasteiger charge is -2.17. The molecule has 0 radical (unpaired) electrons. The van der Waals surface area contributed by atoms with E-state index in [9.17, 15) is 4.39 Å². The average Bonchev–Trinajstić information content (AvgIpc) is 2.17. The van der Waals surface area contributed by atoms with E-state index >= 15 is 0 Å². The summed E-state index contributed by atoms with van der Waals surface area (Å²) in [6.45, 7) is 0.935. The molecule has 0 bridgehead atoms. The van der Waals surface area contributed by atoms with Crippen LogP contribution >= 0.6 is 12.4 Å². The summed E-state index contributed by atoms with van der Waals surface area (Å²) in [5.41, 5.74) is 7.24. The summed E-state index contributed by atoms with van der Waals surface area (Å²) < 4.78 is 18.2. The first-order valence-electron chi connectivity index (χ1n) is 4.13. The van der Waals surface area contributed by atoms with Gasteiger partial charge in [-0.1, -0.05) is 0 Å². The lowest BCUT2D eigenvalue weighted by atomic mass is 10.0.